The molecule has 1 aromatic carbocycles. The van der Waals surface area contributed by atoms with Crippen molar-refractivity contribution in [3.63, 3.8) is 0 Å². The van der Waals surface area contributed by atoms with E-state index >= 15 is 0 Å². The Kier molecular flexibility index (Phi) is 4.39. The minimum Gasteiger partial charge on any atom is -0.508 e. The number of carbonyl (C=O) groups is 1. The second kappa shape index (κ2) is 6.42. The van der Waals surface area contributed by atoms with Crippen LogP contribution in [0.1, 0.15) is 81.9 Å². The quantitative estimate of drug-likeness (QED) is 0.771. The zero-order valence-corrected chi connectivity index (χ0v) is 15.5. The normalized spacial score (nSPS) is 36.6. The van der Waals surface area contributed by atoms with Gasteiger partial charge in [-0.3, -0.25) is 4.79 Å². The molecule has 1 N–H and O–H groups in total. The summed E-state index contributed by atoms with van der Waals surface area (Å²) in [4.78, 5) is 12.5. The van der Waals surface area contributed by atoms with Crippen molar-refractivity contribution in [2.75, 3.05) is 6.61 Å². The van der Waals surface area contributed by atoms with Gasteiger partial charge >= 0.3 is 0 Å². The van der Waals surface area contributed by atoms with Crippen LogP contribution in [-0.2, 0) is 9.53 Å². The highest BCUT2D eigenvalue weighted by molar-refractivity contribution is 5.87. The number of hydrogen-bond donors (Lipinski definition) is 1. The molecule has 0 saturated heterocycles. The van der Waals surface area contributed by atoms with E-state index in [0.717, 1.165) is 51.6 Å². The van der Waals surface area contributed by atoms with Crippen molar-refractivity contribution >= 4 is 5.78 Å². The van der Waals surface area contributed by atoms with Crippen LogP contribution in [0.3, 0.4) is 0 Å². The second-order valence-corrected chi connectivity index (χ2v) is 8.56. The number of aromatic hydroxyl groups is 1. The molecule has 2 fully saturated rings. The second-order valence-electron chi connectivity index (χ2n) is 8.56. The summed E-state index contributed by atoms with van der Waals surface area (Å²) in [5.74, 6) is 2.37. The Morgan fingerprint density at radius 2 is 2.12 bits per heavy atom. The first-order chi connectivity index (χ1) is 12.0. The summed E-state index contributed by atoms with van der Waals surface area (Å²) < 4.78 is 6.27. The molecule has 5 atom stereocenters. The molecule has 136 valence electrons. The fourth-order valence-electron chi connectivity index (χ4n) is 5.85. The third-order valence-electron chi connectivity index (χ3n) is 7.27. The highest BCUT2D eigenvalue weighted by Crippen LogP contribution is 2.61. The summed E-state index contributed by atoms with van der Waals surface area (Å²) in [7, 11) is 0. The molecule has 3 heteroatoms. The molecule has 3 nitrogen and oxygen atoms in total. The van der Waals surface area contributed by atoms with Gasteiger partial charge in [0.2, 0.25) is 0 Å². The molecule has 0 unspecified atom stereocenters. The van der Waals surface area contributed by atoms with Gasteiger partial charge in [-0.15, -0.1) is 0 Å². The number of ketones is 1. The number of carbonyl (C=O) groups excluding carboxylic acids is 1. The maximum Gasteiger partial charge on any atom is 0.139 e. The van der Waals surface area contributed by atoms with Crippen LogP contribution in [0, 0.1) is 17.3 Å². The molecule has 0 heterocycles. The van der Waals surface area contributed by atoms with Crippen molar-refractivity contribution in [2.45, 2.75) is 70.8 Å². The highest BCUT2D eigenvalue weighted by atomic mass is 16.5. The van der Waals surface area contributed by atoms with Gasteiger partial charge in [0.1, 0.15) is 11.5 Å². The summed E-state index contributed by atoms with van der Waals surface area (Å²) in [5, 5.41) is 10.00. The molecule has 4 rings (SSSR count). The summed E-state index contributed by atoms with van der Waals surface area (Å²) in [5.41, 5.74) is 2.44. The monoisotopic (exact) mass is 342 g/mol. The van der Waals surface area contributed by atoms with Gasteiger partial charge in [0.15, 0.2) is 0 Å². The number of phenols is 1. The molecule has 0 spiro atoms. The highest BCUT2D eigenvalue weighted by Gasteiger charge is 2.55. The van der Waals surface area contributed by atoms with Crippen LogP contribution in [0.4, 0.5) is 0 Å². The third kappa shape index (κ3) is 2.71. The number of hydrogen-bond acceptors (Lipinski definition) is 3. The average Bonchev–Trinajstić information content (AvgIpc) is 2.90. The van der Waals surface area contributed by atoms with Crippen LogP contribution in [0.15, 0.2) is 18.2 Å². The standard InChI is InChI=1S/C22H30O3/c1-3-4-11-25-20-13-17-16(15-6-5-14(23)12-18(15)20)9-10-22(2)19(17)7-8-21(22)24/h5-6,12,16-17,19-20,23H,3-4,7-11,13H2,1-2H3/t16-,17-,19+,20+,22+/m1/s1. The Labute approximate surface area is 150 Å². The molecule has 25 heavy (non-hydrogen) atoms. The van der Waals surface area contributed by atoms with Crippen LogP contribution >= 0.6 is 0 Å². The lowest BCUT2D eigenvalue weighted by Gasteiger charge is -2.49. The first kappa shape index (κ1) is 17.1. The van der Waals surface area contributed by atoms with Crippen molar-refractivity contribution in [1.29, 1.82) is 0 Å². The van der Waals surface area contributed by atoms with E-state index in [4.69, 9.17) is 4.74 Å². The Hall–Kier alpha value is -1.35. The van der Waals surface area contributed by atoms with Gasteiger partial charge in [-0.25, -0.2) is 0 Å². The van der Waals surface area contributed by atoms with E-state index in [0.29, 0.717) is 29.3 Å². The van der Waals surface area contributed by atoms with Gasteiger partial charge in [-0.05, 0) is 73.1 Å². The Balaban J connectivity index is 1.68. The van der Waals surface area contributed by atoms with Crippen molar-refractivity contribution in [3.8, 4) is 5.75 Å². The first-order valence-electron chi connectivity index (χ1n) is 10.0. The predicted molar refractivity (Wildman–Crippen MR) is 97.6 cm³/mol. The van der Waals surface area contributed by atoms with Crippen LogP contribution in [0.25, 0.3) is 0 Å². The summed E-state index contributed by atoms with van der Waals surface area (Å²) in [6.45, 7) is 5.16. The van der Waals surface area contributed by atoms with Gasteiger partial charge < -0.3 is 9.84 Å². The predicted octanol–water partition coefficient (Wildman–Crippen LogP) is 5.13. The fraction of sp³-hybridized carbons (Fsp3) is 0.682. The van der Waals surface area contributed by atoms with E-state index in [9.17, 15) is 9.90 Å². The van der Waals surface area contributed by atoms with E-state index in [2.05, 4.69) is 19.9 Å². The topological polar surface area (TPSA) is 46.5 Å². The molecule has 0 radical (unpaired) electrons. The number of Topliss-reactive ketones (excluding diaryl/α,β-unsaturated/α-hetero) is 1. The van der Waals surface area contributed by atoms with Crippen molar-refractivity contribution in [1.82, 2.24) is 0 Å². The molecule has 0 aromatic heterocycles. The van der Waals surface area contributed by atoms with Gasteiger partial charge in [0.25, 0.3) is 0 Å². The molecule has 3 aliphatic rings. The smallest absolute Gasteiger partial charge is 0.139 e. The van der Waals surface area contributed by atoms with E-state index in [-0.39, 0.29) is 11.5 Å². The van der Waals surface area contributed by atoms with Gasteiger partial charge in [-0.2, -0.15) is 0 Å². The van der Waals surface area contributed by atoms with E-state index in [1.807, 2.05) is 12.1 Å². The van der Waals surface area contributed by atoms with Crippen LogP contribution in [0.2, 0.25) is 0 Å². The Morgan fingerprint density at radius 1 is 1.28 bits per heavy atom. The van der Waals surface area contributed by atoms with Crippen molar-refractivity contribution in [3.05, 3.63) is 29.3 Å². The maximum absolute atomic E-state index is 12.5. The average molecular weight is 342 g/mol. The number of unbranched alkanes of at least 4 members (excludes halogenated alkanes) is 1. The maximum atomic E-state index is 12.5. The number of benzene rings is 1. The van der Waals surface area contributed by atoms with E-state index in [1.165, 1.54) is 11.1 Å². The summed E-state index contributed by atoms with van der Waals surface area (Å²) in [6, 6.07) is 5.84. The zero-order valence-electron chi connectivity index (χ0n) is 15.5. The van der Waals surface area contributed by atoms with E-state index in [1.54, 1.807) is 0 Å². The van der Waals surface area contributed by atoms with Crippen molar-refractivity contribution in [2.24, 2.45) is 17.3 Å². The Morgan fingerprint density at radius 3 is 2.92 bits per heavy atom. The van der Waals surface area contributed by atoms with Crippen LogP contribution < -0.4 is 0 Å². The lowest BCUT2D eigenvalue weighted by Crippen LogP contribution is -2.43. The fourth-order valence-corrected chi connectivity index (χ4v) is 5.85. The largest absolute Gasteiger partial charge is 0.508 e. The van der Waals surface area contributed by atoms with Crippen LogP contribution in [-0.4, -0.2) is 17.5 Å². The van der Waals surface area contributed by atoms with Gasteiger partial charge in [-0.1, -0.05) is 26.3 Å². The lowest BCUT2D eigenvalue weighted by atomic mass is 9.55. The van der Waals surface area contributed by atoms with Crippen molar-refractivity contribution < 1.29 is 14.6 Å². The molecule has 1 aromatic rings. The van der Waals surface area contributed by atoms with Gasteiger partial charge in [0, 0.05) is 18.4 Å². The zero-order chi connectivity index (χ0) is 17.6. The lowest BCUT2D eigenvalue weighted by molar-refractivity contribution is -0.130. The van der Waals surface area contributed by atoms with Gasteiger partial charge in [0.05, 0.1) is 6.10 Å². The number of rotatable bonds is 4. The molecular weight excluding hydrogens is 312 g/mol. The van der Waals surface area contributed by atoms with E-state index < -0.39 is 0 Å². The van der Waals surface area contributed by atoms with Crippen LogP contribution in [0.5, 0.6) is 5.75 Å². The number of phenolic OH excluding ortho intramolecular Hbond substituents is 1. The molecule has 0 aliphatic heterocycles. The minimum atomic E-state index is -0.108. The first-order valence-corrected chi connectivity index (χ1v) is 10.0. The molecular formula is C22H30O3. The molecule has 3 aliphatic carbocycles. The SMILES string of the molecule is CCCCO[C@H]1C[C@@H]2[C@H](CC[C@]3(C)C(=O)CC[C@@H]23)c2ccc(O)cc21. The molecule has 2 saturated carbocycles. The minimum absolute atomic E-state index is 0.0629. The molecule has 0 amide bonds. The number of fused-ring (bicyclic) bond motifs is 5. The molecule has 0 bridgehead atoms. The Bertz CT molecular complexity index is 667. The number of ether oxygens (including phenoxy) is 1. The summed E-state index contributed by atoms with van der Waals surface area (Å²) in [6.07, 6.45) is 7.16. The summed E-state index contributed by atoms with van der Waals surface area (Å²) >= 11 is 0. The third-order valence-corrected chi connectivity index (χ3v) is 7.27.